The van der Waals surface area contributed by atoms with Gasteiger partial charge in [0.05, 0.1) is 23.6 Å². The maximum absolute atomic E-state index is 13.1. The van der Waals surface area contributed by atoms with Gasteiger partial charge in [0.15, 0.2) is 0 Å². The first-order valence-corrected chi connectivity index (χ1v) is 9.97. The minimum absolute atomic E-state index is 0.0554. The van der Waals surface area contributed by atoms with Crippen LogP contribution in [0.4, 0.5) is 5.69 Å². The second-order valence-electron chi connectivity index (χ2n) is 7.36. The Kier molecular flexibility index (Phi) is 5.86. The van der Waals surface area contributed by atoms with Crippen molar-refractivity contribution in [3.05, 3.63) is 105 Å². The summed E-state index contributed by atoms with van der Waals surface area (Å²) in [5.41, 5.74) is 1.04. The number of carbonyl (C=O) groups excluding carboxylic acids is 2. The fourth-order valence-electron chi connectivity index (χ4n) is 3.79. The number of ketones is 1. The molecule has 9 heteroatoms. The van der Waals surface area contributed by atoms with Crippen molar-refractivity contribution in [1.29, 1.82) is 0 Å². The van der Waals surface area contributed by atoms with Gasteiger partial charge in [-0.05, 0) is 47.5 Å². The zero-order chi connectivity index (χ0) is 23.5. The molecule has 0 saturated carbocycles. The van der Waals surface area contributed by atoms with E-state index in [2.05, 4.69) is 4.98 Å². The largest absolute Gasteiger partial charge is 0.507 e. The number of pyridine rings is 1. The van der Waals surface area contributed by atoms with Gasteiger partial charge in [-0.3, -0.25) is 24.7 Å². The Morgan fingerprint density at radius 3 is 2.45 bits per heavy atom. The van der Waals surface area contributed by atoms with Crippen LogP contribution in [0.25, 0.3) is 5.76 Å². The molecule has 1 fully saturated rings. The first-order valence-electron chi connectivity index (χ1n) is 9.97. The number of aliphatic hydroxyl groups is 1. The van der Waals surface area contributed by atoms with Gasteiger partial charge in [-0.15, -0.1) is 0 Å². The number of non-ortho nitro benzene ring substituents is 1. The van der Waals surface area contributed by atoms with Gasteiger partial charge in [0, 0.05) is 36.6 Å². The molecule has 0 spiro atoms. The molecule has 2 aromatic carbocycles. The maximum atomic E-state index is 13.1. The van der Waals surface area contributed by atoms with E-state index in [0.717, 1.165) is 0 Å². The first-order chi connectivity index (χ1) is 15.9. The molecule has 0 bridgehead atoms. The number of benzene rings is 2. The Morgan fingerprint density at radius 1 is 1.12 bits per heavy atom. The molecule has 3 aromatic rings. The van der Waals surface area contributed by atoms with Crippen LogP contribution in [0.5, 0.6) is 5.75 Å². The van der Waals surface area contributed by atoms with Crippen molar-refractivity contribution in [3.63, 3.8) is 0 Å². The summed E-state index contributed by atoms with van der Waals surface area (Å²) in [4.78, 5) is 42.1. The summed E-state index contributed by atoms with van der Waals surface area (Å²) in [6.45, 7) is 0.0554. The monoisotopic (exact) mass is 445 g/mol. The third-order valence-electron chi connectivity index (χ3n) is 5.40. The van der Waals surface area contributed by atoms with Gasteiger partial charge < -0.3 is 14.7 Å². The molecule has 33 heavy (non-hydrogen) atoms. The molecule has 1 amide bonds. The van der Waals surface area contributed by atoms with Crippen molar-refractivity contribution in [1.82, 2.24) is 9.88 Å². The number of nitrogens with zero attached hydrogens (tertiary/aromatic N) is 3. The number of Topliss-reactive ketones (excluding diaryl/α,β-unsaturated/α-hetero) is 1. The number of methoxy groups -OCH3 is 1. The van der Waals surface area contributed by atoms with E-state index < -0.39 is 22.7 Å². The minimum Gasteiger partial charge on any atom is -0.507 e. The van der Waals surface area contributed by atoms with Gasteiger partial charge in [-0.2, -0.15) is 0 Å². The molecule has 1 saturated heterocycles. The van der Waals surface area contributed by atoms with Gasteiger partial charge >= 0.3 is 0 Å². The number of nitro benzene ring substituents is 1. The molecule has 1 aliphatic rings. The number of amides is 1. The van der Waals surface area contributed by atoms with Crippen LogP contribution in [0.2, 0.25) is 0 Å². The zero-order valence-corrected chi connectivity index (χ0v) is 17.5. The lowest BCUT2D eigenvalue weighted by Gasteiger charge is -2.25. The number of nitro groups is 1. The number of likely N-dealkylation sites (tertiary alicyclic amines) is 1. The summed E-state index contributed by atoms with van der Waals surface area (Å²) in [6.07, 6.45) is 3.12. The van der Waals surface area contributed by atoms with E-state index in [9.17, 15) is 24.8 Å². The van der Waals surface area contributed by atoms with E-state index in [1.54, 1.807) is 54.9 Å². The topological polar surface area (TPSA) is 123 Å². The lowest BCUT2D eigenvalue weighted by molar-refractivity contribution is -0.384. The van der Waals surface area contributed by atoms with Crippen LogP contribution in [0.15, 0.2) is 78.6 Å². The van der Waals surface area contributed by atoms with E-state index in [-0.39, 0.29) is 23.6 Å². The molecule has 1 aromatic heterocycles. The number of hydrogen-bond acceptors (Lipinski definition) is 7. The van der Waals surface area contributed by atoms with Gasteiger partial charge in [-0.25, -0.2) is 0 Å². The number of rotatable bonds is 6. The second-order valence-corrected chi connectivity index (χ2v) is 7.36. The Balaban J connectivity index is 1.87. The molecular weight excluding hydrogens is 426 g/mol. The van der Waals surface area contributed by atoms with E-state index in [1.807, 2.05) is 0 Å². The van der Waals surface area contributed by atoms with E-state index in [0.29, 0.717) is 22.4 Å². The van der Waals surface area contributed by atoms with Gasteiger partial charge in [-0.1, -0.05) is 12.1 Å². The molecule has 1 atom stereocenters. The van der Waals surface area contributed by atoms with Gasteiger partial charge in [0.25, 0.3) is 17.4 Å². The number of aromatic nitrogens is 1. The number of carbonyl (C=O) groups is 2. The summed E-state index contributed by atoms with van der Waals surface area (Å²) in [5.74, 6) is -1.49. The maximum Gasteiger partial charge on any atom is 0.295 e. The molecule has 166 valence electrons. The number of ether oxygens (including phenoxy) is 1. The minimum atomic E-state index is -1.01. The first kappa shape index (κ1) is 21.7. The summed E-state index contributed by atoms with van der Waals surface area (Å²) in [6, 6.07) is 14.4. The van der Waals surface area contributed by atoms with Crippen LogP contribution in [0.1, 0.15) is 22.7 Å². The lowest BCUT2D eigenvalue weighted by atomic mass is 9.95. The fourth-order valence-corrected chi connectivity index (χ4v) is 3.79. The Hall–Kier alpha value is -4.53. The Morgan fingerprint density at radius 2 is 1.82 bits per heavy atom. The highest BCUT2D eigenvalue weighted by molar-refractivity contribution is 6.46. The predicted molar refractivity (Wildman–Crippen MR) is 118 cm³/mol. The Labute approximate surface area is 188 Å². The molecule has 1 aliphatic heterocycles. The smallest absolute Gasteiger partial charge is 0.295 e. The third-order valence-corrected chi connectivity index (χ3v) is 5.40. The molecule has 4 rings (SSSR count). The average Bonchev–Trinajstić information content (AvgIpc) is 3.09. The zero-order valence-electron chi connectivity index (χ0n) is 17.5. The predicted octanol–water partition coefficient (Wildman–Crippen LogP) is 3.62. The molecular formula is C24H19N3O6. The van der Waals surface area contributed by atoms with Crippen LogP contribution < -0.4 is 4.74 Å². The quantitative estimate of drug-likeness (QED) is 0.202. The molecule has 9 nitrogen and oxygen atoms in total. The highest BCUT2D eigenvalue weighted by atomic mass is 16.6. The Bertz CT molecular complexity index is 1250. The summed E-state index contributed by atoms with van der Waals surface area (Å²) in [7, 11) is 1.50. The lowest BCUT2D eigenvalue weighted by Crippen LogP contribution is -2.29. The average molecular weight is 445 g/mol. The standard InChI is InChI=1S/C24H19N3O6/c1-33-19-7-5-16(6-8-19)22(28)20-21(17-3-2-4-18(13-17)27(31)32)26(24(30)23(20)29)14-15-9-11-25-12-10-15/h2-13,21,28H,14H2,1H3/t21-/m0/s1. The van der Waals surface area contributed by atoms with Crippen molar-refractivity contribution in [2.75, 3.05) is 7.11 Å². The van der Waals surface area contributed by atoms with Crippen LogP contribution >= 0.6 is 0 Å². The van der Waals surface area contributed by atoms with Crippen molar-refractivity contribution >= 4 is 23.1 Å². The number of aliphatic hydroxyl groups excluding tert-OH is 1. The van der Waals surface area contributed by atoms with Crippen molar-refractivity contribution in [2.24, 2.45) is 0 Å². The van der Waals surface area contributed by atoms with Crippen LogP contribution in [-0.2, 0) is 16.1 Å². The van der Waals surface area contributed by atoms with E-state index in [4.69, 9.17) is 4.74 Å². The highest BCUT2D eigenvalue weighted by Crippen LogP contribution is 2.41. The van der Waals surface area contributed by atoms with Gasteiger partial charge in [0.2, 0.25) is 0 Å². The normalized spacial score (nSPS) is 17.2. The van der Waals surface area contributed by atoms with Gasteiger partial charge in [0.1, 0.15) is 11.5 Å². The summed E-state index contributed by atoms with van der Waals surface area (Å²) in [5, 5.41) is 22.4. The molecule has 0 radical (unpaired) electrons. The fraction of sp³-hybridized carbons (Fsp3) is 0.125. The summed E-state index contributed by atoms with van der Waals surface area (Å²) < 4.78 is 5.13. The van der Waals surface area contributed by atoms with Crippen LogP contribution in [0.3, 0.4) is 0 Å². The van der Waals surface area contributed by atoms with Crippen molar-refractivity contribution in [2.45, 2.75) is 12.6 Å². The third kappa shape index (κ3) is 4.16. The molecule has 2 heterocycles. The van der Waals surface area contributed by atoms with Crippen molar-refractivity contribution in [3.8, 4) is 5.75 Å². The highest BCUT2D eigenvalue weighted by Gasteiger charge is 2.46. The molecule has 0 aliphatic carbocycles. The number of hydrogen-bond donors (Lipinski definition) is 1. The van der Waals surface area contributed by atoms with E-state index in [1.165, 1.54) is 30.2 Å². The van der Waals surface area contributed by atoms with E-state index >= 15 is 0 Å². The SMILES string of the molecule is COc1ccc(C(O)=C2C(=O)C(=O)N(Cc3ccncc3)[C@H]2c2cccc([N+](=O)[O-])c2)cc1. The molecule has 0 unspecified atom stereocenters. The summed E-state index contributed by atoms with van der Waals surface area (Å²) >= 11 is 0. The molecule has 1 N–H and O–H groups in total. The van der Waals surface area contributed by atoms with Crippen molar-refractivity contribution < 1.29 is 24.4 Å². The van der Waals surface area contributed by atoms with Crippen LogP contribution in [0, 0.1) is 10.1 Å². The van der Waals surface area contributed by atoms with Crippen LogP contribution in [-0.4, -0.2) is 38.7 Å². The second kappa shape index (κ2) is 8.91.